The van der Waals surface area contributed by atoms with Crippen LogP contribution in [0.1, 0.15) is 39.3 Å². The average molecular weight is 498 g/mol. The summed E-state index contributed by atoms with van der Waals surface area (Å²) in [4.78, 5) is 11.8. The van der Waals surface area contributed by atoms with Crippen LogP contribution < -0.4 is 14.8 Å². The zero-order valence-corrected chi connectivity index (χ0v) is 20.1. The molecule has 0 aromatic heterocycles. The Bertz CT molecular complexity index is 1390. The maximum atomic E-state index is 11.8. The molecule has 0 saturated carbocycles. The van der Waals surface area contributed by atoms with Crippen molar-refractivity contribution >= 4 is 17.6 Å². The number of carboxylic acids is 1. The minimum absolute atomic E-state index is 0.232. The summed E-state index contributed by atoms with van der Waals surface area (Å²) in [6.07, 6.45) is -1.10. The zero-order valence-electron chi connectivity index (χ0n) is 19.3. The van der Waals surface area contributed by atoms with E-state index in [4.69, 9.17) is 21.1 Å². The van der Waals surface area contributed by atoms with E-state index >= 15 is 0 Å². The van der Waals surface area contributed by atoms with Crippen LogP contribution in [0.25, 0.3) is 0 Å². The summed E-state index contributed by atoms with van der Waals surface area (Å²) < 4.78 is 12.8. The van der Waals surface area contributed by atoms with E-state index in [1.165, 1.54) is 0 Å². The molecule has 180 valence electrons. The summed E-state index contributed by atoms with van der Waals surface area (Å²) in [5.74, 6) is 0.395. The van der Waals surface area contributed by atoms with Crippen LogP contribution in [0.3, 0.4) is 0 Å². The average Bonchev–Trinajstić information content (AvgIpc) is 2.92. The van der Waals surface area contributed by atoms with E-state index in [0.717, 1.165) is 11.1 Å². The number of hydrogen-bond donors (Lipinski definition) is 2. The van der Waals surface area contributed by atoms with Crippen molar-refractivity contribution in [2.24, 2.45) is 0 Å². The van der Waals surface area contributed by atoms with Gasteiger partial charge in [-0.1, -0.05) is 90.5 Å². The summed E-state index contributed by atoms with van der Waals surface area (Å²) in [5, 5.41) is 13.5. The number of ether oxygens (including phenoxy) is 2. The van der Waals surface area contributed by atoms with Crippen molar-refractivity contribution in [3.05, 3.63) is 142 Å². The SMILES string of the molecule is O=C(O)c1ccccc1CNC1=C(Cl)C(Oc2ccccc2)c2ccccc2C1Oc1ccccc1. The third-order valence-corrected chi connectivity index (χ3v) is 6.42. The first-order valence-corrected chi connectivity index (χ1v) is 12.0. The molecule has 0 aliphatic heterocycles. The van der Waals surface area contributed by atoms with Crippen molar-refractivity contribution in [3.63, 3.8) is 0 Å². The number of aromatic carboxylic acids is 1. The van der Waals surface area contributed by atoms with E-state index in [9.17, 15) is 9.90 Å². The van der Waals surface area contributed by atoms with Crippen molar-refractivity contribution in [2.45, 2.75) is 18.8 Å². The van der Waals surface area contributed by atoms with E-state index in [0.29, 0.717) is 27.8 Å². The second kappa shape index (κ2) is 10.6. The first-order chi connectivity index (χ1) is 17.6. The molecular formula is C30H24ClNO4. The third kappa shape index (κ3) is 4.92. The minimum atomic E-state index is -0.983. The summed E-state index contributed by atoms with van der Waals surface area (Å²) in [6.45, 7) is 0.253. The smallest absolute Gasteiger partial charge is 0.336 e. The molecule has 4 aromatic rings. The Hall–Kier alpha value is -4.22. The molecule has 0 spiro atoms. The Kier molecular flexibility index (Phi) is 6.92. The molecule has 0 saturated heterocycles. The second-order valence-electron chi connectivity index (χ2n) is 8.33. The lowest BCUT2D eigenvalue weighted by atomic mass is 9.89. The van der Waals surface area contributed by atoms with E-state index in [1.54, 1.807) is 18.2 Å². The molecule has 5 rings (SSSR count). The number of para-hydroxylation sites is 2. The predicted molar refractivity (Wildman–Crippen MR) is 139 cm³/mol. The lowest BCUT2D eigenvalue weighted by Crippen LogP contribution is -2.31. The number of hydrogen-bond acceptors (Lipinski definition) is 4. The molecular weight excluding hydrogens is 474 g/mol. The Morgan fingerprint density at radius 3 is 1.83 bits per heavy atom. The number of nitrogens with one attached hydrogen (secondary N) is 1. The lowest BCUT2D eigenvalue weighted by molar-refractivity contribution is 0.0695. The normalized spacial score (nSPS) is 16.7. The third-order valence-electron chi connectivity index (χ3n) is 6.02. The molecule has 2 N–H and O–H groups in total. The van der Waals surface area contributed by atoms with Gasteiger partial charge < -0.3 is 19.9 Å². The number of halogens is 1. The number of rotatable bonds is 8. The van der Waals surface area contributed by atoms with Crippen LogP contribution in [-0.2, 0) is 6.54 Å². The highest BCUT2D eigenvalue weighted by Crippen LogP contribution is 2.45. The fraction of sp³-hybridized carbons (Fsp3) is 0.100. The minimum Gasteiger partial charge on any atom is -0.480 e. The molecule has 0 radical (unpaired) electrons. The Morgan fingerprint density at radius 2 is 1.22 bits per heavy atom. The van der Waals surface area contributed by atoms with Gasteiger partial charge in [0, 0.05) is 17.7 Å². The number of carboxylic acid groups (broad SMARTS) is 1. The lowest BCUT2D eigenvalue weighted by Gasteiger charge is -2.34. The van der Waals surface area contributed by atoms with Crippen molar-refractivity contribution in [1.82, 2.24) is 5.32 Å². The number of fused-ring (bicyclic) bond motifs is 1. The van der Waals surface area contributed by atoms with Gasteiger partial charge in [-0.25, -0.2) is 4.79 Å². The van der Waals surface area contributed by atoms with Crippen LogP contribution in [0.2, 0.25) is 0 Å². The van der Waals surface area contributed by atoms with Crippen molar-refractivity contribution in [2.75, 3.05) is 0 Å². The van der Waals surface area contributed by atoms with Gasteiger partial charge in [-0.2, -0.15) is 0 Å². The molecule has 6 heteroatoms. The zero-order chi connectivity index (χ0) is 24.9. The molecule has 2 unspecified atom stereocenters. The first-order valence-electron chi connectivity index (χ1n) is 11.6. The van der Waals surface area contributed by atoms with Crippen LogP contribution in [0.15, 0.2) is 120 Å². The van der Waals surface area contributed by atoms with Gasteiger partial charge in [0.2, 0.25) is 0 Å². The Morgan fingerprint density at radius 1 is 0.722 bits per heavy atom. The first kappa shape index (κ1) is 23.5. The van der Waals surface area contributed by atoms with Crippen LogP contribution in [-0.4, -0.2) is 11.1 Å². The van der Waals surface area contributed by atoms with E-state index in [2.05, 4.69) is 5.32 Å². The summed E-state index contributed by atoms with van der Waals surface area (Å²) in [6, 6.07) is 33.8. The van der Waals surface area contributed by atoms with Crippen LogP contribution in [0.5, 0.6) is 11.5 Å². The predicted octanol–water partition coefficient (Wildman–Crippen LogP) is 6.88. The molecule has 1 aliphatic rings. The number of benzene rings is 4. The summed E-state index contributed by atoms with van der Waals surface area (Å²) in [7, 11) is 0. The van der Waals surface area contributed by atoms with Crippen LogP contribution in [0, 0.1) is 0 Å². The van der Waals surface area contributed by atoms with Gasteiger partial charge in [-0.05, 0) is 35.9 Å². The van der Waals surface area contributed by atoms with E-state index in [1.807, 2.05) is 91.0 Å². The monoisotopic (exact) mass is 497 g/mol. The molecule has 0 heterocycles. The topological polar surface area (TPSA) is 67.8 Å². The van der Waals surface area contributed by atoms with Crippen molar-refractivity contribution in [3.8, 4) is 11.5 Å². The fourth-order valence-electron chi connectivity index (χ4n) is 4.31. The maximum Gasteiger partial charge on any atom is 0.336 e. The highest BCUT2D eigenvalue weighted by Gasteiger charge is 2.36. The Balaban J connectivity index is 1.56. The molecule has 4 aromatic carbocycles. The van der Waals surface area contributed by atoms with Gasteiger partial charge in [0.15, 0.2) is 12.2 Å². The molecule has 0 bridgehead atoms. The summed E-state index contributed by atoms with van der Waals surface area (Å²) in [5.41, 5.74) is 3.32. The standard InChI is InChI=1S/C30H24ClNO4/c31-26-27(32-19-20-11-7-8-16-23(20)30(33)34)29(36-22-14-5-2-6-15-22)25-18-10-9-17-24(25)28(26)35-21-12-3-1-4-13-21/h1-18,28-29,32H,19H2,(H,33,34). The van der Waals surface area contributed by atoms with Gasteiger partial charge in [-0.3, -0.25) is 0 Å². The second-order valence-corrected chi connectivity index (χ2v) is 8.74. The fourth-order valence-corrected chi connectivity index (χ4v) is 4.63. The molecule has 1 aliphatic carbocycles. The van der Waals surface area contributed by atoms with Crippen molar-refractivity contribution in [1.29, 1.82) is 0 Å². The van der Waals surface area contributed by atoms with Gasteiger partial charge >= 0.3 is 5.97 Å². The highest BCUT2D eigenvalue weighted by molar-refractivity contribution is 6.30. The Labute approximate surface area is 214 Å². The van der Waals surface area contributed by atoms with E-state index in [-0.39, 0.29) is 12.1 Å². The molecule has 0 amide bonds. The highest BCUT2D eigenvalue weighted by atomic mass is 35.5. The summed E-state index contributed by atoms with van der Waals surface area (Å²) >= 11 is 7.05. The van der Waals surface area contributed by atoms with Crippen molar-refractivity contribution < 1.29 is 19.4 Å². The number of carbonyl (C=O) groups is 1. The molecule has 36 heavy (non-hydrogen) atoms. The largest absolute Gasteiger partial charge is 0.480 e. The van der Waals surface area contributed by atoms with Gasteiger partial charge in [0.1, 0.15) is 11.5 Å². The van der Waals surface area contributed by atoms with Crippen LogP contribution in [0.4, 0.5) is 0 Å². The van der Waals surface area contributed by atoms with Gasteiger partial charge in [-0.15, -0.1) is 0 Å². The van der Waals surface area contributed by atoms with Gasteiger partial charge in [0.25, 0.3) is 0 Å². The van der Waals surface area contributed by atoms with E-state index < -0.39 is 18.2 Å². The molecule has 2 atom stereocenters. The quantitative estimate of drug-likeness (QED) is 0.278. The van der Waals surface area contributed by atoms with Crippen LogP contribution >= 0.6 is 11.6 Å². The maximum absolute atomic E-state index is 11.8. The van der Waals surface area contributed by atoms with Gasteiger partial charge in [0.05, 0.1) is 16.3 Å². The molecule has 5 nitrogen and oxygen atoms in total. The molecule has 0 fully saturated rings.